The first kappa shape index (κ1) is 14.9. The van der Waals surface area contributed by atoms with Gasteiger partial charge < -0.3 is 10.4 Å². The number of benzene rings is 2. The molecule has 0 saturated heterocycles. The van der Waals surface area contributed by atoms with Gasteiger partial charge in [0.1, 0.15) is 0 Å². The fourth-order valence-corrected chi connectivity index (χ4v) is 2.06. The van der Waals surface area contributed by atoms with Crippen LogP contribution in [-0.2, 0) is 11.2 Å². The largest absolute Gasteiger partial charge is 0.478 e. The summed E-state index contributed by atoms with van der Waals surface area (Å²) >= 11 is 0. The molecule has 2 N–H and O–H groups in total. The van der Waals surface area contributed by atoms with Crippen molar-refractivity contribution in [2.24, 2.45) is 0 Å². The molecular formula is C18H19NO2. The van der Waals surface area contributed by atoms with Crippen molar-refractivity contribution in [2.75, 3.05) is 11.9 Å². The first-order chi connectivity index (χ1) is 10.2. The number of hydrogen-bond donors (Lipinski definition) is 2. The molecule has 0 unspecified atom stereocenters. The van der Waals surface area contributed by atoms with Crippen LogP contribution in [0.4, 0.5) is 5.69 Å². The number of carboxylic acid groups (broad SMARTS) is 1. The molecule has 0 radical (unpaired) electrons. The Balaban J connectivity index is 2.07. The van der Waals surface area contributed by atoms with E-state index in [9.17, 15) is 4.79 Å². The van der Waals surface area contributed by atoms with Crippen LogP contribution in [0.2, 0.25) is 0 Å². The SMILES string of the molecule is C/C(=C/CNc1ccccc1Cc1ccccc1)C(=O)O. The van der Waals surface area contributed by atoms with Crippen LogP contribution in [-0.4, -0.2) is 17.6 Å². The molecule has 0 saturated carbocycles. The van der Waals surface area contributed by atoms with Crippen LogP contribution in [0.25, 0.3) is 0 Å². The molecule has 0 heterocycles. The molecule has 2 aromatic carbocycles. The van der Waals surface area contributed by atoms with Gasteiger partial charge in [-0.25, -0.2) is 4.79 Å². The van der Waals surface area contributed by atoms with E-state index < -0.39 is 5.97 Å². The minimum Gasteiger partial charge on any atom is -0.478 e. The van der Waals surface area contributed by atoms with E-state index in [2.05, 4.69) is 23.5 Å². The molecule has 2 aromatic rings. The molecule has 0 amide bonds. The topological polar surface area (TPSA) is 49.3 Å². The van der Waals surface area contributed by atoms with Gasteiger partial charge in [-0.15, -0.1) is 0 Å². The van der Waals surface area contributed by atoms with Crippen LogP contribution < -0.4 is 5.32 Å². The molecule has 0 aromatic heterocycles. The van der Waals surface area contributed by atoms with Gasteiger partial charge in [0.2, 0.25) is 0 Å². The summed E-state index contributed by atoms with van der Waals surface area (Å²) in [5.74, 6) is -0.880. The molecule has 108 valence electrons. The number of nitrogens with one attached hydrogen (secondary N) is 1. The lowest BCUT2D eigenvalue weighted by Crippen LogP contribution is -2.05. The Labute approximate surface area is 124 Å². The number of rotatable bonds is 6. The predicted octanol–water partition coefficient (Wildman–Crippen LogP) is 3.72. The van der Waals surface area contributed by atoms with Gasteiger partial charge >= 0.3 is 5.97 Å². The van der Waals surface area contributed by atoms with E-state index >= 15 is 0 Å². The summed E-state index contributed by atoms with van der Waals surface area (Å²) in [5.41, 5.74) is 3.84. The van der Waals surface area contributed by atoms with E-state index in [0.29, 0.717) is 12.1 Å². The van der Waals surface area contributed by atoms with Crippen LogP contribution in [0.1, 0.15) is 18.1 Å². The highest BCUT2D eigenvalue weighted by molar-refractivity contribution is 5.85. The number of hydrogen-bond acceptors (Lipinski definition) is 2. The minimum absolute atomic E-state index is 0.350. The van der Waals surface area contributed by atoms with Crippen molar-refractivity contribution in [3.05, 3.63) is 77.4 Å². The van der Waals surface area contributed by atoms with Gasteiger partial charge in [-0.05, 0) is 30.5 Å². The van der Waals surface area contributed by atoms with E-state index in [1.54, 1.807) is 13.0 Å². The van der Waals surface area contributed by atoms with Crippen molar-refractivity contribution in [1.29, 1.82) is 0 Å². The van der Waals surface area contributed by atoms with E-state index in [-0.39, 0.29) is 0 Å². The van der Waals surface area contributed by atoms with Gasteiger partial charge in [0.15, 0.2) is 0 Å². The average molecular weight is 281 g/mol. The van der Waals surface area contributed by atoms with Crippen molar-refractivity contribution in [1.82, 2.24) is 0 Å². The molecule has 0 aliphatic carbocycles. The average Bonchev–Trinajstić information content (AvgIpc) is 2.50. The standard InChI is InChI=1S/C18H19NO2/c1-14(18(20)21)11-12-19-17-10-6-5-9-16(17)13-15-7-3-2-4-8-15/h2-11,19H,12-13H2,1H3,(H,20,21)/b14-11-. The lowest BCUT2D eigenvalue weighted by atomic mass is 10.0. The lowest BCUT2D eigenvalue weighted by molar-refractivity contribution is -0.132. The van der Waals surface area contributed by atoms with Crippen molar-refractivity contribution in [3.8, 4) is 0 Å². The minimum atomic E-state index is -0.880. The van der Waals surface area contributed by atoms with Gasteiger partial charge in [-0.2, -0.15) is 0 Å². The molecule has 21 heavy (non-hydrogen) atoms. The first-order valence-corrected chi connectivity index (χ1v) is 6.92. The Kier molecular flexibility index (Phi) is 5.16. The van der Waals surface area contributed by atoms with Crippen molar-refractivity contribution in [3.63, 3.8) is 0 Å². The number of anilines is 1. The van der Waals surface area contributed by atoms with Gasteiger partial charge in [0.25, 0.3) is 0 Å². The number of para-hydroxylation sites is 1. The number of carboxylic acids is 1. The highest BCUT2D eigenvalue weighted by atomic mass is 16.4. The Hall–Kier alpha value is -2.55. The van der Waals surface area contributed by atoms with Crippen LogP contribution in [0, 0.1) is 0 Å². The molecule has 0 spiro atoms. The zero-order valence-electron chi connectivity index (χ0n) is 12.0. The van der Waals surface area contributed by atoms with Crippen LogP contribution in [0.5, 0.6) is 0 Å². The van der Waals surface area contributed by atoms with Gasteiger partial charge in [-0.1, -0.05) is 54.6 Å². The molecule has 0 aliphatic heterocycles. The molecule has 2 rings (SSSR count). The van der Waals surface area contributed by atoms with E-state index in [1.807, 2.05) is 36.4 Å². The molecule has 0 bridgehead atoms. The summed E-state index contributed by atoms with van der Waals surface area (Å²) in [4.78, 5) is 10.8. The van der Waals surface area contributed by atoms with Crippen molar-refractivity contribution >= 4 is 11.7 Å². The number of carbonyl (C=O) groups is 1. The quantitative estimate of drug-likeness (QED) is 0.793. The maximum absolute atomic E-state index is 10.8. The monoisotopic (exact) mass is 281 g/mol. The van der Waals surface area contributed by atoms with Gasteiger partial charge in [-0.3, -0.25) is 0 Å². The van der Waals surface area contributed by atoms with E-state index in [1.165, 1.54) is 11.1 Å². The maximum Gasteiger partial charge on any atom is 0.331 e. The summed E-state index contributed by atoms with van der Waals surface area (Å²) in [6.45, 7) is 2.10. The molecule has 3 heteroatoms. The highest BCUT2D eigenvalue weighted by Gasteiger charge is 2.03. The third kappa shape index (κ3) is 4.49. The third-order valence-corrected chi connectivity index (χ3v) is 3.29. The molecular weight excluding hydrogens is 262 g/mol. The summed E-state index contributed by atoms with van der Waals surface area (Å²) < 4.78 is 0. The van der Waals surface area contributed by atoms with Crippen molar-refractivity contribution in [2.45, 2.75) is 13.3 Å². The molecule has 0 atom stereocenters. The summed E-state index contributed by atoms with van der Waals surface area (Å²) in [6.07, 6.45) is 2.53. The van der Waals surface area contributed by atoms with Crippen LogP contribution in [0.3, 0.4) is 0 Å². The second kappa shape index (κ2) is 7.29. The van der Waals surface area contributed by atoms with Crippen LogP contribution >= 0.6 is 0 Å². The van der Waals surface area contributed by atoms with Gasteiger partial charge in [0.05, 0.1) is 0 Å². The Morgan fingerprint density at radius 2 is 1.76 bits per heavy atom. The zero-order valence-corrected chi connectivity index (χ0v) is 12.0. The maximum atomic E-state index is 10.8. The molecule has 3 nitrogen and oxygen atoms in total. The molecule has 0 aliphatic rings. The Morgan fingerprint density at radius 1 is 1.10 bits per heavy atom. The normalized spacial score (nSPS) is 11.2. The smallest absolute Gasteiger partial charge is 0.331 e. The fourth-order valence-electron chi connectivity index (χ4n) is 2.06. The molecule has 0 fully saturated rings. The van der Waals surface area contributed by atoms with Crippen molar-refractivity contribution < 1.29 is 9.90 Å². The summed E-state index contributed by atoms with van der Waals surface area (Å²) in [5, 5.41) is 12.1. The van der Waals surface area contributed by atoms with E-state index in [4.69, 9.17) is 5.11 Å². The second-order valence-corrected chi connectivity index (χ2v) is 4.89. The summed E-state index contributed by atoms with van der Waals surface area (Å²) in [6, 6.07) is 18.4. The zero-order chi connectivity index (χ0) is 15.1. The Morgan fingerprint density at radius 3 is 2.48 bits per heavy atom. The van der Waals surface area contributed by atoms with Crippen LogP contribution in [0.15, 0.2) is 66.2 Å². The number of aliphatic carboxylic acids is 1. The lowest BCUT2D eigenvalue weighted by Gasteiger charge is -2.11. The first-order valence-electron chi connectivity index (χ1n) is 6.92. The third-order valence-electron chi connectivity index (χ3n) is 3.29. The fraction of sp³-hybridized carbons (Fsp3) is 0.167. The second-order valence-electron chi connectivity index (χ2n) is 4.89. The van der Waals surface area contributed by atoms with Gasteiger partial charge in [0, 0.05) is 17.8 Å². The highest BCUT2D eigenvalue weighted by Crippen LogP contribution is 2.18. The predicted molar refractivity (Wildman–Crippen MR) is 85.6 cm³/mol. The summed E-state index contributed by atoms with van der Waals surface area (Å²) in [7, 11) is 0. The Bertz CT molecular complexity index is 633. The van der Waals surface area contributed by atoms with E-state index in [0.717, 1.165) is 12.1 Å².